The highest BCUT2D eigenvalue weighted by atomic mass is 32.2. The van der Waals surface area contributed by atoms with Crippen molar-refractivity contribution in [2.45, 2.75) is 49.6 Å². The molecule has 0 atom stereocenters. The van der Waals surface area contributed by atoms with Gasteiger partial charge in [0, 0.05) is 12.6 Å². The SMILES string of the molecule is COc1ccc(CN)cc1S(=O)(=O)NC1CCCCC1. The van der Waals surface area contributed by atoms with E-state index in [1.165, 1.54) is 13.5 Å². The fourth-order valence-electron chi connectivity index (χ4n) is 2.56. The maximum Gasteiger partial charge on any atom is 0.244 e. The van der Waals surface area contributed by atoms with Gasteiger partial charge in [0.15, 0.2) is 0 Å². The third-order valence-electron chi connectivity index (χ3n) is 3.68. The molecule has 0 aromatic heterocycles. The number of rotatable bonds is 5. The molecular weight excluding hydrogens is 276 g/mol. The topological polar surface area (TPSA) is 81.4 Å². The molecular formula is C14H22N2O3S. The number of nitrogens with one attached hydrogen (secondary N) is 1. The maximum absolute atomic E-state index is 12.5. The van der Waals surface area contributed by atoms with E-state index < -0.39 is 10.0 Å². The third kappa shape index (κ3) is 3.50. The fourth-order valence-corrected chi connectivity index (χ4v) is 4.09. The van der Waals surface area contributed by atoms with Crippen LogP contribution < -0.4 is 15.2 Å². The van der Waals surface area contributed by atoms with Crippen LogP contribution in [0.2, 0.25) is 0 Å². The van der Waals surface area contributed by atoms with Crippen molar-refractivity contribution in [2.75, 3.05) is 7.11 Å². The molecule has 112 valence electrons. The Morgan fingerprint density at radius 2 is 2.00 bits per heavy atom. The van der Waals surface area contributed by atoms with Gasteiger partial charge in [0.05, 0.1) is 7.11 Å². The van der Waals surface area contributed by atoms with Gasteiger partial charge >= 0.3 is 0 Å². The number of sulfonamides is 1. The highest BCUT2D eigenvalue weighted by Crippen LogP contribution is 2.26. The number of hydrogen-bond acceptors (Lipinski definition) is 4. The van der Waals surface area contributed by atoms with Gasteiger partial charge in [-0.1, -0.05) is 25.3 Å². The van der Waals surface area contributed by atoms with Gasteiger partial charge in [-0.2, -0.15) is 0 Å². The van der Waals surface area contributed by atoms with E-state index in [4.69, 9.17) is 10.5 Å². The van der Waals surface area contributed by atoms with Crippen molar-refractivity contribution >= 4 is 10.0 Å². The molecule has 6 heteroatoms. The molecule has 0 spiro atoms. The molecule has 1 aromatic carbocycles. The predicted molar refractivity (Wildman–Crippen MR) is 78.1 cm³/mol. The summed E-state index contributed by atoms with van der Waals surface area (Å²) in [7, 11) is -2.10. The summed E-state index contributed by atoms with van der Waals surface area (Å²) < 4.78 is 33.0. The van der Waals surface area contributed by atoms with Gasteiger partial charge in [0.25, 0.3) is 0 Å². The number of ether oxygens (including phenoxy) is 1. The van der Waals surface area contributed by atoms with E-state index >= 15 is 0 Å². The first kappa shape index (κ1) is 15.3. The minimum Gasteiger partial charge on any atom is -0.495 e. The van der Waals surface area contributed by atoms with Gasteiger partial charge in [-0.3, -0.25) is 0 Å². The van der Waals surface area contributed by atoms with Crippen LogP contribution in [0, 0.1) is 0 Å². The second-order valence-electron chi connectivity index (χ2n) is 5.15. The van der Waals surface area contributed by atoms with Crippen LogP contribution in [0.15, 0.2) is 23.1 Å². The summed E-state index contributed by atoms with van der Waals surface area (Å²) in [5.74, 6) is 0.352. The summed E-state index contributed by atoms with van der Waals surface area (Å²) >= 11 is 0. The average molecular weight is 298 g/mol. The first-order valence-electron chi connectivity index (χ1n) is 6.96. The molecule has 0 bridgehead atoms. The van der Waals surface area contributed by atoms with Crippen molar-refractivity contribution in [1.82, 2.24) is 4.72 Å². The van der Waals surface area contributed by atoms with E-state index in [0.717, 1.165) is 31.2 Å². The van der Waals surface area contributed by atoms with Gasteiger partial charge in [-0.15, -0.1) is 0 Å². The number of benzene rings is 1. The lowest BCUT2D eigenvalue weighted by atomic mass is 9.96. The Kier molecular flexibility index (Phi) is 5.01. The number of methoxy groups -OCH3 is 1. The Morgan fingerprint density at radius 1 is 1.30 bits per heavy atom. The quantitative estimate of drug-likeness (QED) is 0.868. The molecule has 1 saturated carbocycles. The van der Waals surface area contributed by atoms with E-state index in [2.05, 4.69) is 4.72 Å². The second kappa shape index (κ2) is 6.56. The molecule has 0 unspecified atom stereocenters. The summed E-state index contributed by atoms with van der Waals surface area (Å²) in [6.45, 7) is 0.302. The molecule has 0 aliphatic heterocycles. The normalized spacial score (nSPS) is 17.1. The lowest BCUT2D eigenvalue weighted by Gasteiger charge is -2.23. The second-order valence-corrected chi connectivity index (χ2v) is 6.83. The molecule has 20 heavy (non-hydrogen) atoms. The van der Waals surface area contributed by atoms with Crippen molar-refractivity contribution < 1.29 is 13.2 Å². The molecule has 1 aromatic rings. The zero-order chi connectivity index (χ0) is 14.6. The molecule has 1 aliphatic rings. The molecule has 1 aliphatic carbocycles. The van der Waals surface area contributed by atoms with Crippen LogP contribution >= 0.6 is 0 Å². The van der Waals surface area contributed by atoms with E-state index in [1.807, 2.05) is 0 Å². The Balaban J connectivity index is 2.27. The summed E-state index contributed by atoms with van der Waals surface area (Å²) in [6.07, 6.45) is 5.14. The van der Waals surface area contributed by atoms with E-state index in [0.29, 0.717) is 12.3 Å². The highest BCUT2D eigenvalue weighted by Gasteiger charge is 2.24. The molecule has 0 heterocycles. The molecule has 0 radical (unpaired) electrons. The average Bonchev–Trinajstić information content (AvgIpc) is 2.47. The standard InChI is InChI=1S/C14H22N2O3S/c1-19-13-8-7-11(10-15)9-14(13)20(17,18)16-12-5-3-2-4-6-12/h7-9,12,16H,2-6,10,15H2,1H3. The van der Waals surface area contributed by atoms with Crippen molar-refractivity contribution in [2.24, 2.45) is 5.73 Å². The number of nitrogens with two attached hydrogens (primary N) is 1. The first-order valence-corrected chi connectivity index (χ1v) is 8.44. The third-order valence-corrected chi connectivity index (χ3v) is 5.22. The minimum absolute atomic E-state index is 0.0278. The van der Waals surface area contributed by atoms with Crippen molar-refractivity contribution in [1.29, 1.82) is 0 Å². The lowest BCUT2D eigenvalue weighted by Crippen LogP contribution is -2.36. The monoisotopic (exact) mass is 298 g/mol. The Morgan fingerprint density at radius 3 is 2.60 bits per heavy atom. The van der Waals surface area contributed by atoms with Crippen LogP contribution in [0.5, 0.6) is 5.75 Å². The summed E-state index contributed by atoms with van der Waals surface area (Å²) in [6, 6.07) is 5.04. The van der Waals surface area contributed by atoms with Crippen LogP contribution in [0.4, 0.5) is 0 Å². The maximum atomic E-state index is 12.5. The van der Waals surface area contributed by atoms with Crippen LogP contribution in [0.3, 0.4) is 0 Å². The zero-order valence-electron chi connectivity index (χ0n) is 11.8. The Bertz CT molecular complexity index is 552. The smallest absolute Gasteiger partial charge is 0.244 e. The van der Waals surface area contributed by atoms with Crippen LogP contribution in [0.25, 0.3) is 0 Å². The van der Waals surface area contributed by atoms with Crippen LogP contribution in [0.1, 0.15) is 37.7 Å². The largest absolute Gasteiger partial charge is 0.495 e. The zero-order valence-corrected chi connectivity index (χ0v) is 12.6. The Hall–Kier alpha value is -1.11. The van der Waals surface area contributed by atoms with Crippen LogP contribution in [-0.2, 0) is 16.6 Å². The molecule has 2 rings (SSSR count). The van der Waals surface area contributed by atoms with E-state index in [9.17, 15) is 8.42 Å². The number of hydrogen-bond donors (Lipinski definition) is 2. The van der Waals surface area contributed by atoms with Gasteiger partial charge in [0.2, 0.25) is 10.0 Å². The predicted octanol–water partition coefficient (Wildman–Crippen LogP) is 1.76. The van der Waals surface area contributed by atoms with E-state index in [1.54, 1.807) is 18.2 Å². The molecule has 1 fully saturated rings. The van der Waals surface area contributed by atoms with Gasteiger partial charge in [-0.25, -0.2) is 13.1 Å². The molecule has 0 amide bonds. The summed E-state index contributed by atoms with van der Waals surface area (Å²) in [5, 5.41) is 0. The van der Waals surface area contributed by atoms with Crippen molar-refractivity contribution in [3.63, 3.8) is 0 Å². The van der Waals surface area contributed by atoms with Crippen LogP contribution in [-0.4, -0.2) is 21.6 Å². The van der Waals surface area contributed by atoms with Gasteiger partial charge in [0.1, 0.15) is 10.6 Å². The Labute approximate surface area is 120 Å². The van der Waals surface area contributed by atoms with Gasteiger partial charge < -0.3 is 10.5 Å². The molecule has 3 N–H and O–H groups in total. The summed E-state index contributed by atoms with van der Waals surface area (Å²) in [5.41, 5.74) is 6.35. The van der Waals surface area contributed by atoms with Crippen molar-refractivity contribution in [3.8, 4) is 5.75 Å². The highest BCUT2D eigenvalue weighted by molar-refractivity contribution is 7.89. The summed E-state index contributed by atoms with van der Waals surface area (Å²) in [4.78, 5) is 0.175. The molecule has 0 saturated heterocycles. The van der Waals surface area contributed by atoms with Crippen molar-refractivity contribution in [3.05, 3.63) is 23.8 Å². The van der Waals surface area contributed by atoms with E-state index in [-0.39, 0.29) is 10.9 Å². The van der Waals surface area contributed by atoms with Gasteiger partial charge in [-0.05, 0) is 30.5 Å². The fraction of sp³-hybridized carbons (Fsp3) is 0.571. The minimum atomic E-state index is -3.57. The first-order chi connectivity index (χ1) is 9.56. The lowest BCUT2D eigenvalue weighted by molar-refractivity contribution is 0.396. The molecule has 5 nitrogen and oxygen atoms in total.